The Bertz CT molecular complexity index is 356. The van der Waals surface area contributed by atoms with E-state index in [4.69, 9.17) is 10.5 Å². The van der Waals surface area contributed by atoms with Crippen LogP contribution in [0, 0.1) is 5.92 Å². The molecule has 0 aromatic heterocycles. The Morgan fingerprint density at radius 1 is 1.30 bits per heavy atom. The highest BCUT2D eigenvalue weighted by Crippen LogP contribution is 2.24. The summed E-state index contributed by atoms with van der Waals surface area (Å²) in [4.78, 5) is 27.8. The summed E-state index contributed by atoms with van der Waals surface area (Å²) in [5, 5.41) is 0. The topological polar surface area (TPSA) is 75.9 Å². The van der Waals surface area contributed by atoms with Crippen molar-refractivity contribution in [3.05, 3.63) is 0 Å². The lowest BCUT2D eigenvalue weighted by Gasteiger charge is -2.31. The summed E-state index contributed by atoms with van der Waals surface area (Å²) in [7, 11) is 1.71. The zero-order valence-corrected chi connectivity index (χ0v) is 12.2. The van der Waals surface area contributed by atoms with E-state index in [0.717, 1.165) is 25.7 Å². The highest BCUT2D eigenvalue weighted by molar-refractivity contribution is 5.85. The van der Waals surface area contributed by atoms with Crippen molar-refractivity contribution in [3.8, 4) is 0 Å². The molecule has 20 heavy (non-hydrogen) atoms. The molecule has 1 saturated heterocycles. The predicted molar refractivity (Wildman–Crippen MR) is 75.0 cm³/mol. The van der Waals surface area contributed by atoms with Gasteiger partial charge in [-0.2, -0.15) is 0 Å². The Labute approximate surface area is 120 Å². The molecule has 1 aliphatic carbocycles. The zero-order valence-electron chi connectivity index (χ0n) is 12.2. The smallest absolute Gasteiger partial charge is 0.242 e. The van der Waals surface area contributed by atoms with Crippen LogP contribution in [0.4, 0.5) is 0 Å². The molecule has 2 unspecified atom stereocenters. The monoisotopic (exact) mass is 283 g/mol. The van der Waals surface area contributed by atoms with Crippen molar-refractivity contribution in [3.63, 3.8) is 0 Å². The molecule has 1 saturated carbocycles. The number of carbonyl (C=O) groups is 2. The molecule has 2 rings (SSSR count). The molecule has 114 valence electrons. The molecule has 2 aliphatic rings. The predicted octanol–water partition coefficient (Wildman–Crippen LogP) is -0.179. The van der Waals surface area contributed by atoms with E-state index in [-0.39, 0.29) is 30.3 Å². The molecule has 0 spiro atoms. The zero-order chi connectivity index (χ0) is 14.5. The molecule has 2 atom stereocenters. The van der Waals surface area contributed by atoms with E-state index in [0.29, 0.717) is 26.3 Å². The number of nitrogens with two attached hydrogens (primary N) is 1. The Hall–Kier alpha value is -1.14. The van der Waals surface area contributed by atoms with Crippen molar-refractivity contribution in [1.29, 1.82) is 0 Å². The van der Waals surface area contributed by atoms with Crippen LogP contribution in [0.3, 0.4) is 0 Å². The van der Waals surface area contributed by atoms with E-state index in [1.54, 1.807) is 16.8 Å². The second-order valence-corrected chi connectivity index (χ2v) is 5.81. The Morgan fingerprint density at radius 3 is 2.65 bits per heavy atom. The van der Waals surface area contributed by atoms with Gasteiger partial charge in [0.15, 0.2) is 0 Å². The highest BCUT2D eigenvalue weighted by atomic mass is 16.5. The summed E-state index contributed by atoms with van der Waals surface area (Å²) in [6.45, 7) is 2.57. The lowest BCUT2D eigenvalue weighted by molar-refractivity contribution is -0.144. The van der Waals surface area contributed by atoms with Gasteiger partial charge in [0.1, 0.15) is 0 Å². The van der Waals surface area contributed by atoms with Crippen LogP contribution in [0.5, 0.6) is 0 Å². The summed E-state index contributed by atoms with van der Waals surface area (Å²) in [6, 6.07) is 0.126. The van der Waals surface area contributed by atoms with Gasteiger partial charge in [-0.3, -0.25) is 9.59 Å². The van der Waals surface area contributed by atoms with E-state index in [2.05, 4.69) is 0 Å². The van der Waals surface area contributed by atoms with Crippen molar-refractivity contribution in [2.24, 2.45) is 11.7 Å². The van der Waals surface area contributed by atoms with Gasteiger partial charge < -0.3 is 20.3 Å². The van der Waals surface area contributed by atoms with Crippen molar-refractivity contribution in [2.45, 2.75) is 31.7 Å². The molecule has 0 bridgehead atoms. The maximum atomic E-state index is 12.3. The van der Waals surface area contributed by atoms with Crippen molar-refractivity contribution < 1.29 is 14.3 Å². The molecule has 2 N–H and O–H groups in total. The van der Waals surface area contributed by atoms with E-state index in [1.165, 1.54) is 0 Å². The number of likely N-dealkylation sites (N-methyl/N-ethyl adjacent to an activating group) is 1. The quantitative estimate of drug-likeness (QED) is 0.779. The second kappa shape index (κ2) is 7.04. The summed E-state index contributed by atoms with van der Waals surface area (Å²) in [5.41, 5.74) is 5.92. The number of morpholine rings is 1. The van der Waals surface area contributed by atoms with Gasteiger partial charge in [-0.1, -0.05) is 6.42 Å². The fourth-order valence-corrected chi connectivity index (χ4v) is 2.96. The number of hydrogen-bond acceptors (Lipinski definition) is 4. The highest BCUT2D eigenvalue weighted by Gasteiger charge is 2.29. The number of rotatable bonds is 3. The van der Waals surface area contributed by atoms with Crippen LogP contribution >= 0.6 is 0 Å². The van der Waals surface area contributed by atoms with Crippen molar-refractivity contribution in [1.82, 2.24) is 9.80 Å². The fourth-order valence-electron chi connectivity index (χ4n) is 2.96. The van der Waals surface area contributed by atoms with Gasteiger partial charge in [0.2, 0.25) is 11.8 Å². The molecular formula is C14H25N3O3. The molecule has 6 nitrogen and oxygen atoms in total. The molecule has 6 heteroatoms. The van der Waals surface area contributed by atoms with Crippen LogP contribution in [0.1, 0.15) is 25.7 Å². The van der Waals surface area contributed by atoms with Crippen LogP contribution in [-0.4, -0.2) is 67.6 Å². The lowest BCUT2D eigenvalue weighted by atomic mass is 9.85. The molecule has 1 heterocycles. The van der Waals surface area contributed by atoms with Gasteiger partial charge in [0.25, 0.3) is 0 Å². The molecule has 0 aromatic carbocycles. The first-order valence-electron chi connectivity index (χ1n) is 7.44. The maximum Gasteiger partial charge on any atom is 0.242 e. The van der Waals surface area contributed by atoms with E-state index in [9.17, 15) is 9.59 Å². The molecular weight excluding hydrogens is 258 g/mol. The average Bonchev–Trinajstić information content (AvgIpc) is 2.47. The minimum atomic E-state index is -0.0127. The Morgan fingerprint density at radius 2 is 2.00 bits per heavy atom. The standard InChI is InChI=1S/C14H25N3O3/c1-16(10-13(18)17-5-7-20-8-6-17)14(19)11-3-2-4-12(15)9-11/h11-12H,2-10,15H2,1H3. The number of ether oxygens (including phenoxy) is 1. The minimum absolute atomic E-state index is 0.00394. The van der Waals surface area contributed by atoms with E-state index in [1.807, 2.05) is 0 Å². The van der Waals surface area contributed by atoms with Gasteiger partial charge in [0.05, 0.1) is 19.8 Å². The fraction of sp³-hybridized carbons (Fsp3) is 0.857. The van der Waals surface area contributed by atoms with E-state index >= 15 is 0 Å². The molecule has 2 fully saturated rings. The van der Waals surface area contributed by atoms with E-state index < -0.39 is 0 Å². The van der Waals surface area contributed by atoms with Gasteiger partial charge in [-0.05, 0) is 19.3 Å². The normalized spacial score (nSPS) is 27.2. The first kappa shape index (κ1) is 15.3. The van der Waals surface area contributed by atoms with Gasteiger partial charge in [0, 0.05) is 32.1 Å². The molecule has 0 radical (unpaired) electrons. The lowest BCUT2D eigenvalue weighted by Crippen LogP contribution is -2.47. The van der Waals surface area contributed by atoms with Crippen molar-refractivity contribution >= 4 is 11.8 Å². The molecule has 2 amide bonds. The number of amides is 2. The number of hydrogen-bond donors (Lipinski definition) is 1. The van der Waals surface area contributed by atoms with Crippen LogP contribution in [-0.2, 0) is 14.3 Å². The van der Waals surface area contributed by atoms with Crippen LogP contribution in [0.15, 0.2) is 0 Å². The Balaban J connectivity index is 1.82. The van der Waals surface area contributed by atoms with Crippen LogP contribution in [0.25, 0.3) is 0 Å². The largest absolute Gasteiger partial charge is 0.378 e. The van der Waals surface area contributed by atoms with Gasteiger partial charge in [-0.25, -0.2) is 0 Å². The number of carbonyl (C=O) groups excluding carboxylic acids is 2. The van der Waals surface area contributed by atoms with Gasteiger partial charge in [-0.15, -0.1) is 0 Å². The third kappa shape index (κ3) is 3.93. The Kier molecular flexibility index (Phi) is 5.37. The summed E-state index contributed by atoms with van der Waals surface area (Å²) < 4.78 is 5.22. The second-order valence-electron chi connectivity index (χ2n) is 5.81. The summed E-state index contributed by atoms with van der Waals surface area (Å²) in [5.74, 6) is 0.0484. The van der Waals surface area contributed by atoms with Crippen LogP contribution in [0.2, 0.25) is 0 Å². The van der Waals surface area contributed by atoms with Crippen molar-refractivity contribution in [2.75, 3.05) is 39.9 Å². The summed E-state index contributed by atoms with van der Waals surface area (Å²) >= 11 is 0. The maximum absolute atomic E-state index is 12.3. The van der Waals surface area contributed by atoms with Crippen LogP contribution < -0.4 is 5.73 Å². The minimum Gasteiger partial charge on any atom is -0.378 e. The first-order chi connectivity index (χ1) is 9.58. The van der Waals surface area contributed by atoms with Gasteiger partial charge >= 0.3 is 0 Å². The molecule has 1 aliphatic heterocycles. The summed E-state index contributed by atoms with van der Waals surface area (Å²) in [6.07, 6.45) is 3.64. The molecule has 0 aromatic rings. The number of nitrogens with zero attached hydrogens (tertiary/aromatic N) is 2. The SMILES string of the molecule is CN(CC(=O)N1CCOCC1)C(=O)C1CCCC(N)C1. The third-order valence-electron chi connectivity index (χ3n) is 4.18. The average molecular weight is 283 g/mol. The third-order valence-corrected chi connectivity index (χ3v) is 4.18. The first-order valence-corrected chi connectivity index (χ1v) is 7.44.